The summed E-state index contributed by atoms with van der Waals surface area (Å²) < 4.78 is 2.34. The highest BCUT2D eigenvalue weighted by Gasteiger charge is 2.24. The van der Waals surface area contributed by atoms with E-state index in [9.17, 15) is 0 Å². The van der Waals surface area contributed by atoms with Gasteiger partial charge in [-0.25, -0.2) is 0 Å². The zero-order valence-corrected chi connectivity index (χ0v) is 21.0. The summed E-state index contributed by atoms with van der Waals surface area (Å²) in [6, 6.07) is 26.1. The Balaban J connectivity index is 0.000000231. The van der Waals surface area contributed by atoms with E-state index >= 15 is 0 Å². The molecular weight excluding hydrogens is 486 g/mol. The molecule has 0 amide bonds. The molecule has 0 unspecified atom stereocenters. The van der Waals surface area contributed by atoms with E-state index in [2.05, 4.69) is 117 Å². The van der Waals surface area contributed by atoms with Crippen LogP contribution in [-0.4, -0.2) is 6.54 Å². The molecule has 0 aromatic heterocycles. The highest BCUT2D eigenvalue weighted by atomic mass is 79.9. The van der Waals surface area contributed by atoms with Crippen molar-refractivity contribution in [2.24, 2.45) is 0 Å². The van der Waals surface area contributed by atoms with Gasteiger partial charge in [0.25, 0.3) is 0 Å². The third-order valence-corrected chi connectivity index (χ3v) is 6.01. The molecule has 3 aromatic carbocycles. The second-order valence-electron chi connectivity index (χ2n) is 6.79. The molecule has 3 heteroatoms. The van der Waals surface area contributed by atoms with Crippen LogP contribution in [0.3, 0.4) is 0 Å². The second kappa shape index (κ2) is 12.2. The molecule has 1 aliphatic rings. The van der Waals surface area contributed by atoms with Crippen LogP contribution in [0.15, 0.2) is 81.7 Å². The molecule has 4 rings (SSSR count). The van der Waals surface area contributed by atoms with E-state index < -0.39 is 0 Å². The Bertz CT molecular complexity index is 877. The summed E-state index contributed by atoms with van der Waals surface area (Å²) in [6.45, 7) is 9.55. The molecule has 0 bridgehead atoms. The Morgan fingerprint density at radius 3 is 2.17 bits per heavy atom. The van der Waals surface area contributed by atoms with Crippen molar-refractivity contribution in [3.05, 3.63) is 98.4 Å². The van der Waals surface area contributed by atoms with Crippen LogP contribution < -0.4 is 4.90 Å². The minimum Gasteiger partial charge on any atom is -0.364 e. The minimum atomic E-state index is 0.439. The van der Waals surface area contributed by atoms with Crippen molar-refractivity contribution in [1.29, 1.82) is 0 Å². The van der Waals surface area contributed by atoms with Crippen molar-refractivity contribution in [1.82, 2.24) is 0 Å². The molecule has 1 aliphatic heterocycles. The Labute approximate surface area is 193 Å². The van der Waals surface area contributed by atoms with Crippen molar-refractivity contribution < 1.29 is 0 Å². The van der Waals surface area contributed by atoms with Gasteiger partial charge in [-0.1, -0.05) is 95.1 Å². The highest BCUT2D eigenvalue weighted by molar-refractivity contribution is 9.10. The first-order chi connectivity index (χ1) is 14.1. The SMILES string of the molecule is CC.CCc1cccc(Br)c1.C[C@@H](c1ccccc1)N1CCc2cc(Br)ccc21. The average Bonchev–Trinajstić information content (AvgIpc) is 3.18. The maximum absolute atomic E-state index is 3.55. The zero-order valence-electron chi connectivity index (χ0n) is 17.8. The van der Waals surface area contributed by atoms with Crippen LogP contribution in [0.5, 0.6) is 0 Å². The first kappa shape index (κ1) is 23.7. The van der Waals surface area contributed by atoms with E-state index in [1.807, 2.05) is 19.9 Å². The summed E-state index contributed by atoms with van der Waals surface area (Å²) in [7, 11) is 0. The number of nitrogens with zero attached hydrogens (tertiary/aromatic N) is 1. The molecule has 3 aromatic rings. The van der Waals surface area contributed by atoms with E-state index in [4.69, 9.17) is 0 Å². The summed E-state index contributed by atoms with van der Waals surface area (Å²) >= 11 is 6.95. The van der Waals surface area contributed by atoms with Gasteiger partial charge in [0.2, 0.25) is 0 Å². The number of benzene rings is 3. The van der Waals surface area contributed by atoms with Crippen LogP contribution in [0.2, 0.25) is 0 Å². The molecule has 1 heterocycles. The summed E-state index contributed by atoms with van der Waals surface area (Å²) in [5, 5.41) is 0. The Morgan fingerprint density at radius 2 is 1.55 bits per heavy atom. The van der Waals surface area contributed by atoms with Gasteiger partial charge in [0.05, 0.1) is 6.04 Å². The van der Waals surface area contributed by atoms with E-state index in [0.717, 1.165) is 19.4 Å². The van der Waals surface area contributed by atoms with Gasteiger partial charge in [0, 0.05) is 21.2 Å². The zero-order chi connectivity index (χ0) is 21.2. The van der Waals surface area contributed by atoms with E-state index in [-0.39, 0.29) is 0 Å². The van der Waals surface area contributed by atoms with Gasteiger partial charge in [-0.3, -0.25) is 0 Å². The third-order valence-electron chi connectivity index (χ3n) is 5.02. The van der Waals surface area contributed by atoms with Crippen LogP contribution in [0.25, 0.3) is 0 Å². The van der Waals surface area contributed by atoms with Crippen LogP contribution in [0.4, 0.5) is 5.69 Å². The average molecular weight is 517 g/mol. The largest absolute Gasteiger partial charge is 0.364 e. The molecule has 29 heavy (non-hydrogen) atoms. The van der Waals surface area contributed by atoms with Gasteiger partial charge >= 0.3 is 0 Å². The Kier molecular flexibility index (Phi) is 9.96. The quantitative estimate of drug-likeness (QED) is 0.336. The van der Waals surface area contributed by atoms with Crippen molar-refractivity contribution in [3.63, 3.8) is 0 Å². The lowest BCUT2D eigenvalue weighted by Crippen LogP contribution is -2.24. The molecule has 1 atom stereocenters. The third kappa shape index (κ3) is 6.72. The van der Waals surface area contributed by atoms with Crippen LogP contribution in [-0.2, 0) is 12.8 Å². The van der Waals surface area contributed by atoms with Crippen molar-refractivity contribution in [3.8, 4) is 0 Å². The smallest absolute Gasteiger partial charge is 0.0514 e. The predicted octanol–water partition coefficient (Wildman–Crippen LogP) is 8.61. The van der Waals surface area contributed by atoms with Crippen molar-refractivity contribution >= 4 is 37.5 Å². The van der Waals surface area contributed by atoms with Gasteiger partial charge in [-0.05, 0) is 66.8 Å². The van der Waals surface area contributed by atoms with Gasteiger partial charge in [0.1, 0.15) is 0 Å². The normalized spacial score (nSPS) is 12.8. The van der Waals surface area contributed by atoms with Gasteiger partial charge < -0.3 is 4.90 Å². The first-order valence-corrected chi connectivity index (χ1v) is 12.0. The number of anilines is 1. The fourth-order valence-corrected chi connectivity index (χ4v) is 4.32. The molecule has 0 saturated carbocycles. The summed E-state index contributed by atoms with van der Waals surface area (Å²) in [5.74, 6) is 0. The van der Waals surface area contributed by atoms with Crippen molar-refractivity contribution in [2.45, 2.75) is 46.6 Å². The molecule has 154 valence electrons. The summed E-state index contributed by atoms with van der Waals surface area (Å²) in [5.41, 5.74) is 5.60. The van der Waals surface area contributed by atoms with E-state index in [1.54, 1.807) is 0 Å². The lowest BCUT2D eigenvalue weighted by molar-refractivity contribution is 0.697. The van der Waals surface area contributed by atoms with Crippen LogP contribution in [0, 0.1) is 0 Å². The lowest BCUT2D eigenvalue weighted by Gasteiger charge is -2.27. The standard InChI is InChI=1S/C16H16BrN.C8H9Br.C2H6/c1-12(13-5-3-2-4-6-13)18-10-9-14-11-15(17)7-8-16(14)18;1-2-7-4-3-5-8(9)6-7;1-2/h2-8,11-12H,9-10H2,1H3;3-6H,2H2,1H3;1-2H3/t12-;;/m0../s1. The summed E-state index contributed by atoms with van der Waals surface area (Å²) in [4.78, 5) is 2.50. The minimum absolute atomic E-state index is 0.439. The first-order valence-electron chi connectivity index (χ1n) is 10.4. The molecule has 0 N–H and O–H groups in total. The molecule has 0 spiro atoms. The van der Waals surface area contributed by atoms with Gasteiger partial charge in [-0.2, -0.15) is 0 Å². The maximum Gasteiger partial charge on any atom is 0.0514 e. The van der Waals surface area contributed by atoms with Gasteiger partial charge in [0.15, 0.2) is 0 Å². The molecule has 0 radical (unpaired) electrons. The number of fused-ring (bicyclic) bond motifs is 1. The fourth-order valence-electron chi connectivity index (χ4n) is 3.47. The highest BCUT2D eigenvalue weighted by Crippen LogP contribution is 2.36. The number of halogens is 2. The topological polar surface area (TPSA) is 3.24 Å². The molecule has 1 nitrogen and oxygen atoms in total. The monoisotopic (exact) mass is 515 g/mol. The van der Waals surface area contributed by atoms with Gasteiger partial charge in [-0.15, -0.1) is 0 Å². The number of hydrogen-bond acceptors (Lipinski definition) is 1. The molecular formula is C26H31Br2N. The fraction of sp³-hybridized carbons (Fsp3) is 0.308. The molecule has 0 fully saturated rings. The maximum atomic E-state index is 3.55. The number of hydrogen-bond donors (Lipinski definition) is 0. The second-order valence-corrected chi connectivity index (χ2v) is 8.62. The Morgan fingerprint density at radius 1 is 0.862 bits per heavy atom. The molecule has 0 saturated heterocycles. The predicted molar refractivity (Wildman–Crippen MR) is 135 cm³/mol. The van der Waals surface area contributed by atoms with E-state index in [0.29, 0.717) is 6.04 Å². The summed E-state index contributed by atoms with van der Waals surface area (Å²) in [6.07, 6.45) is 2.26. The number of rotatable bonds is 3. The number of aryl methyl sites for hydroxylation is 1. The van der Waals surface area contributed by atoms with E-state index in [1.165, 1.54) is 31.3 Å². The lowest BCUT2D eigenvalue weighted by atomic mass is 10.1. The van der Waals surface area contributed by atoms with Crippen LogP contribution in [0.1, 0.15) is 50.4 Å². The van der Waals surface area contributed by atoms with Crippen LogP contribution >= 0.6 is 31.9 Å². The Hall–Kier alpha value is -1.58. The molecule has 0 aliphatic carbocycles. The van der Waals surface area contributed by atoms with Crippen molar-refractivity contribution in [2.75, 3.05) is 11.4 Å².